The molecule has 0 spiro atoms. The summed E-state index contributed by atoms with van der Waals surface area (Å²) in [7, 11) is 0. The molecule has 10 rings (SSSR count). The fourth-order valence-corrected chi connectivity index (χ4v) is 9.53. The number of phenols is 1. The van der Waals surface area contributed by atoms with Gasteiger partial charge in [0.25, 0.3) is 0 Å². The number of furan rings is 1. The first-order chi connectivity index (χ1) is 32.0. The van der Waals surface area contributed by atoms with Crippen LogP contribution < -0.4 is 0 Å². The number of fused-ring (bicyclic) bond motifs is 4. The summed E-state index contributed by atoms with van der Waals surface area (Å²) in [5.74, 6) is 0.766. The largest absolute Gasteiger partial charge is 0.507 e. The molecule has 0 saturated carbocycles. The number of pyridine rings is 1. The molecule has 3 heterocycles. The minimum Gasteiger partial charge on any atom is -0.507 e. The van der Waals surface area contributed by atoms with Gasteiger partial charge >= 0.3 is 0 Å². The third kappa shape index (κ3) is 8.40. The Balaban J connectivity index is 0.00000578. The predicted molar refractivity (Wildman–Crippen MR) is 278 cm³/mol. The number of aromatic hydroxyl groups is 1. The Kier molecular flexibility index (Phi) is 12.2. The van der Waals surface area contributed by atoms with Crippen LogP contribution in [0, 0.1) is 6.07 Å². The zero-order chi connectivity index (χ0) is 46.9. The Morgan fingerprint density at radius 2 is 1.15 bits per heavy atom. The zero-order valence-electron chi connectivity index (χ0n) is 40.5. The quantitative estimate of drug-likeness (QED) is 0.154. The molecule has 0 unspecified atom stereocenters. The molecule has 0 bridgehead atoms. The van der Waals surface area contributed by atoms with Gasteiger partial charge in [0.2, 0.25) is 5.89 Å². The Labute approximate surface area is 414 Å². The number of hydrogen-bond donors (Lipinski definition) is 1. The van der Waals surface area contributed by atoms with E-state index in [9.17, 15) is 5.11 Å². The zero-order valence-corrected chi connectivity index (χ0v) is 42.8. The van der Waals surface area contributed by atoms with Gasteiger partial charge in [-0.3, -0.25) is 4.98 Å². The second kappa shape index (κ2) is 17.8. The van der Waals surface area contributed by atoms with Crippen LogP contribution in [0.15, 0.2) is 155 Å². The number of hydrogen-bond acceptors (Lipinski definition) is 5. The Morgan fingerprint density at radius 1 is 0.544 bits per heavy atom. The number of benzene rings is 7. The second-order valence-corrected chi connectivity index (χ2v) is 20.7. The third-order valence-corrected chi connectivity index (χ3v) is 13.2. The van der Waals surface area contributed by atoms with E-state index in [0.717, 1.165) is 72.1 Å². The first-order valence-corrected chi connectivity index (χ1v) is 23.5. The molecule has 0 aliphatic rings. The van der Waals surface area contributed by atoms with Crippen LogP contribution in [0.25, 0.3) is 100 Å². The smallest absolute Gasteiger partial charge is 0.234 e. The average molecular weight is 1070 g/mol. The first-order valence-electron chi connectivity index (χ1n) is 23.5. The van der Waals surface area contributed by atoms with Crippen molar-refractivity contribution in [1.82, 2.24) is 9.97 Å². The van der Waals surface area contributed by atoms with Gasteiger partial charge in [0.05, 0.1) is 5.52 Å². The molecule has 0 fully saturated rings. The summed E-state index contributed by atoms with van der Waals surface area (Å²) in [5.41, 5.74) is 16.9. The van der Waals surface area contributed by atoms with Crippen LogP contribution in [0.1, 0.15) is 103 Å². The minimum atomic E-state index is -0.406. The van der Waals surface area contributed by atoms with Crippen LogP contribution in [0.4, 0.5) is 0 Å². The van der Waals surface area contributed by atoms with E-state index in [1.54, 1.807) is 0 Å². The molecular formula is C62H57N2O3Pt-. The summed E-state index contributed by atoms with van der Waals surface area (Å²) >= 11 is 0. The van der Waals surface area contributed by atoms with Crippen LogP contribution >= 0.6 is 0 Å². The predicted octanol–water partition coefficient (Wildman–Crippen LogP) is 17.5. The molecule has 3 aromatic heterocycles. The average Bonchev–Trinajstić information content (AvgIpc) is 3.92. The van der Waals surface area contributed by atoms with E-state index in [0.29, 0.717) is 28.1 Å². The van der Waals surface area contributed by atoms with E-state index in [-0.39, 0.29) is 44.1 Å². The summed E-state index contributed by atoms with van der Waals surface area (Å²) < 4.78 is 13.9. The monoisotopic (exact) mass is 1070 g/mol. The van der Waals surface area contributed by atoms with E-state index < -0.39 is 5.41 Å². The van der Waals surface area contributed by atoms with Crippen LogP contribution in [-0.4, -0.2) is 15.1 Å². The van der Waals surface area contributed by atoms with E-state index in [1.807, 2.05) is 30.5 Å². The fourth-order valence-electron chi connectivity index (χ4n) is 9.53. The molecule has 344 valence electrons. The molecule has 1 N–H and O–H groups in total. The van der Waals surface area contributed by atoms with Gasteiger partial charge in [-0.15, -0.1) is 29.3 Å². The molecule has 10 aromatic rings. The standard InChI is InChI=1S/C62H57N2O3.Pt/c1-36(2)48-32-41(39-21-15-12-16-22-39)33-49(37(3)4)54(48)47-26-25-45(42-29-43(31-44(30-42)61(5,6)7)52-34-40(27-28-63-52)38-19-13-11-14-20-38)56-59(47)67-60(64-56)55-57(65)51(62(8,9)10)35-50-46-23-17-18-24-53(46)66-58(50)55;/h11-28,30-37,65H,1-10H3;/q-1;. The second-order valence-electron chi connectivity index (χ2n) is 20.7. The molecule has 7 aromatic carbocycles. The van der Waals surface area contributed by atoms with Crippen LogP contribution in [0.2, 0.25) is 0 Å². The SMILES string of the molecule is CC(C)c1cc(-c2ccccc2)cc(C(C)C)c1-c1ccc(-c2[c-]c(-c3cc(-c4ccccc4)ccn3)cc(C(C)(C)C)c2)c2nc(-c3c(O)c(C(C)(C)C)cc4c3oc3ccccc34)oc12.[Pt]. The number of nitrogens with zero attached hydrogens (tertiary/aromatic N) is 2. The number of para-hydroxylation sites is 1. The van der Waals surface area contributed by atoms with Gasteiger partial charge in [0, 0.05) is 54.9 Å². The third-order valence-electron chi connectivity index (χ3n) is 13.2. The van der Waals surface area contributed by atoms with Crippen molar-refractivity contribution in [3.8, 4) is 73.0 Å². The Hall–Kier alpha value is -6.55. The van der Waals surface area contributed by atoms with Crippen LogP contribution in [0.3, 0.4) is 0 Å². The maximum absolute atomic E-state index is 12.5. The maximum Gasteiger partial charge on any atom is 0.234 e. The number of oxazole rings is 1. The molecule has 5 nitrogen and oxygen atoms in total. The molecule has 0 amide bonds. The summed E-state index contributed by atoms with van der Waals surface area (Å²) in [6.45, 7) is 22.1. The summed E-state index contributed by atoms with van der Waals surface area (Å²) in [4.78, 5) is 10.4. The Morgan fingerprint density at radius 3 is 1.78 bits per heavy atom. The number of rotatable bonds is 8. The van der Waals surface area contributed by atoms with E-state index in [2.05, 4.69) is 191 Å². The van der Waals surface area contributed by atoms with Crippen LogP contribution in [0.5, 0.6) is 5.75 Å². The molecule has 68 heavy (non-hydrogen) atoms. The van der Waals surface area contributed by atoms with Crippen molar-refractivity contribution in [1.29, 1.82) is 0 Å². The minimum absolute atomic E-state index is 0. The molecular weight excluding hydrogens is 1020 g/mol. The van der Waals surface area contributed by atoms with E-state index in [4.69, 9.17) is 18.8 Å². The van der Waals surface area contributed by atoms with Crippen molar-refractivity contribution < 1.29 is 35.0 Å². The van der Waals surface area contributed by atoms with Gasteiger partial charge in [-0.1, -0.05) is 190 Å². The van der Waals surface area contributed by atoms with Crippen molar-refractivity contribution in [2.24, 2.45) is 0 Å². The Bertz CT molecular complexity index is 3460. The number of phenolic OH excluding ortho intramolecular Hbond substituents is 1. The fraction of sp³-hybridized carbons (Fsp3) is 0.226. The van der Waals surface area contributed by atoms with E-state index in [1.165, 1.54) is 22.3 Å². The molecule has 0 saturated heterocycles. The molecule has 0 aliphatic heterocycles. The maximum atomic E-state index is 12.5. The van der Waals surface area contributed by atoms with Crippen molar-refractivity contribution in [2.75, 3.05) is 0 Å². The normalized spacial score (nSPS) is 12.2. The van der Waals surface area contributed by atoms with Gasteiger partial charge in [-0.05, 0) is 79.8 Å². The topological polar surface area (TPSA) is 72.3 Å². The van der Waals surface area contributed by atoms with Crippen molar-refractivity contribution >= 4 is 33.0 Å². The first kappa shape index (κ1) is 46.6. The van der Waals surface area contributed by atoms with Gasteiger partial charge < -0.3 is 13.9 Å². The summed E-state index contributed by atoms with van der Waals surface area (Å²) in [5, 5.41) is 14.4. The van der Waals surface area contributed by atoms with Crippen molar-refractivity contribution in [3.63, 3.8) is 0 Å². The van der Waals surface area contributed by atoms with Crippen molar-refractivity contribution in [2.45, 2.75) is 91.9 Å². The molecule has 6 heteroatoms. The van der Waals surface area contributed by atoms with Gasteiger partial charge in [-0.2, -0.15) is 0 Å². The summed E-state index contributed by atoms with van der Waals surface area (Å²) in [6, 6.07) is 52.7. The number of aromatic nitrogens is 2. The van der Waals surface area contributed by atoms with Crippen LogP contribution in [-0.2, 0) is 31.9 Å². The van der Waals surface area contributed by atoms with Gasteiger partial charge in [0.1, 0.15) is 16.9 Å². The van der Waals surface area contributed by atoms with E-state index >= 15 is 0 Å². The van der Waals surface area contributed by atoms with Gasteiger partial charge in [-0.25, -0.2) is 4.98 Å². The van der Waals surface area contributed by atoms with Crippen molar-refractivity contribution in [3.05, 3.63) is 174 Å². The molecule has 0 aliphatic carbocycles. The molecule has 0 radical (unpaired) electrons. The summed E-state index contributed by atoms with van der Waals surface area (Å²) in [6.07, 6.45) is 1.88. The van der Waals surface area contributed by atoms with Gasteiger partial charge in [0.15, 0.2) is 11.2 Å². The molecule has 0 atom stereocenters.